The summed E-state index contributed by atoms with van der Waals surface area (Å²) in [7, 11) is 0. The van der Waals surface area contributed by atoms with E-state index in [1.807, 2.05) is 91.0 Å². The predicted octanol–water partition coefficient (Wildman–Crippen LogP) is 3.81. The number of carbonyl (C=O) groups excluding carboxylic acids is 1. The van der Waals surface area contributed by atoms with Gasteiger partial charge in [-0.05, 0) is 16.7 Å². The summed E-state index contributed by atoms with van der Waals surface area (Å²) in [6, 6.07) is 30.3. The first kappa shape index (κ1) is 16.5. The zero-order valence-electron chi connectivity index (χ0n) is 13.7. The fourth-order valence-corrected chi connectivity index (χ4v) is 2.90. The van der Waals surface area contributed by atoms with Crippen molar-refractivity contribution in [1.29, 1.82) is 5.26 Å². The van der Waals surface area contributed by atoms with Crippen molar-refractivity contribution in [2.24, 2.45) is 0 Å². The van der Waals surface area contributed by atoms with E-state index in [-0.39, 0.29) is 5.91 Å². The Kier molecular flexibility index (Phi) is 4.92. The first-order valence-corrected chi connectivity index (χ1v) is 8.12. The van der Waals surface area contributed by atoms with E-state index in [0.29, 0.717) is 17.7 Å². The molecule has 1 amide bonds. The van der Waals surface area contributed by atoms with Gasteiger partial charge in [-0.15, -0.1) is 0 Å². The highest BCUT2D eigenvalue weighted by molar-refractivity contribution is 5.95. The second kappa shape index (κ2) is 7.46. The van der Waals surface area contributed by atoms with E-state index in [1.165, 1.54) is 0 Å². The molecular formula is C22H18N2O. The van der Waals surface area contributed by atoms with E-state index >= 15 is 0 Å². The standard InChI is InChI=1S/C22H18N2O/c23-17-22(19-12-6-2-7-13-19,20-14-8-3-9-15-20)21(25)24-16-18-10-4-1-5-11-18/h1-15H,16H2,(H,24,25). The number of carbonyl (C=O) groups is 1. The van der Waals surface area contributed by atoms with Gasteiger partial charge in [-0.25, -0.2) is 0 Å². The highest BCUT2D eigenvalue weighted by atomic mass is 16.2. The molecule has 0 heterocycles. The van der Waals surface area contributed by atoms with Crippen LogP contribution in [0, 0.1) is 11.3 Å². The third-order valence-electron chi connectivity index (χ3n) is 4.22. The maximum absolute atomic E-state index is 13.1. The molecule has 25 heavy (non-hydrogen) atoms. The van der Waals surface area contributed by atoms with Crippen LogP contribution in [0.3, 0.4) is 0 Å². The fraction of sp³-hybridized carbons (Fsp3) is 0.0909. The van der Waals surface area contributed by atoms with E-state index in [0.717, 1.165) is 5.56 Å². The van der Waals surface area contributed by atoms with Crippen LogP contribution in [0.15, 0.2) is 91.0 Å². The normalized spacial score (nSPS) is 10.7. The van der Waals surface area contributed by atoms with Crippen molar-refractivity contribution in [1.82, 2.24) is 5.32 Å². The van der Waals surface area contributed by atoms with Crippen molar-refractivity contribution in [3.05, 3.63) is 108 Å². The summed E-state index contributed by atoms with van der Waals surface area (Å²) in [5.74, 6) is -0.323. The van der Waals surface area contributed by atoms with Gasteiger partial charge in [0.15, 0.2) is 5.41 Å². The van der Waals surface area contributed by atoms with E-state index in [2.05, 4.69) is 11.4 Å². The summed E-state index contributed by atoms with van der Waals surface area (Å²) in [6.07, 6.45) is 0. The minimum atomic E-state index is -1.38. The molecule has 3 nitrogen and oxygen atoms in total. The summed E-state index contributed by atoms with van der Waals surface area (Å²) in [5, 5.41) is 13.0. The molecular weight excluding hydrogens is 308 g/mol. The van der Waals surface area contributed by atoms with Crippen LogP contribution in [0.5, 0.6) is 0 Å². The Balaban J connectivity index is 1.99. The minimum Gasteiger partial charge on any atom is -0.350 e. The quantitative estimate of drug-likeness (QED) is 0.775. The Labute approximate surface area is 147 Å². The fourth-order valence-electron chi connectivity index (χ4n) is 2.90. The van der Waals surface area contributed by atoms with Crippen LogP contribution in [0.2, 0.25) is 0 Å². The number of hydrogen-bond acceptors (Lipinski definition) is 2. The molecule has 0 aliphatic rings. The van der Waals surface area contributed by atoms with E-state index in [9.17, 15) is 10.1 Å². The van der Waals surface area contributed by atoms with Crippen LogP contribution in [0.25, 0.3) is 0 Å². The monoisotopic (exact) mass is 326 g/mol. The minimum absolute atomic E-state index is 0.323. The maximum atomic E-state index is 13.1. The molecule has 3 rings (SSSR count). The number of nitriles is 1. The van der Waals surface area contributed by atoms with E-state index < -0.39 is 5.41 Å². The number of hydrogen-bond donors (Lipinski definition) is 1. The molecule has 0 aliphatic heterocycles. The highest BCUT2D eigenvalue weighted by Crippen LogP contribution is 2.32. The summed E-state index contributed by atoms with van der Waals surface area (Å²) < 4.78 is 0. The van der Waals surface area contributed by atoms with Crippen LogP contribution >= 0.6 is 0 Å². The Morgan fingerprint density at radius 1 is 0.800 bits per heavy atom. The summed E-state index contributed by atoms with van der Waals surface area (Å²) in [6.45, 7) is 0.378. The summed E-state index contributed by atoms with van der Waals surface area (Å²) >= 11 is 0. The summed E-state index contributed by atoms with van der Waals surface area (Å²) in [5.41, 5.74) is 0.935. The molecule has 3 heteroatoms. The molecule has 0 aromatic heterocycles. The molecule has 0 saturated carbocycles. The van der Waals surface area contributed by atoms with Crippen molar-refractivity contribution >= 4 is 5.91 Å². The molecule has 3 aromatic carbocycles. The van der Waals surface area contributed by atoms with Gasteiger partial charge < -0.3 is 5.32 Å². The molecule has 122 valence electrons. The van der Waals surface area contributed by atoms with Gasteiger partial charge in [0, 0.05) is 6.54 Å². The van der Waals surface area contributed by atoms with Gasteiger partial charge in [0.25, 0.3) is 0 Å². The molecule has 0 spiro atoms. The van der Waals surface area contributed by atoms with Crippen LogP contribution in [-0.2, 0) is 16.8 Å². The lowest BCUT2D eigenvalue weighted by Gasteiger charge is -2.26. The van der Waals surface area contributed by atoms with Crippen molar-refractivity contribution < 1.29 is 4.79 Å². The molecule has 0 unspecified atom stereocenters. The molecule has 0 radical (unpaired) electrons. The number of nitrogens with zero attached hydrogens (tertiary/aromatic N) is 1. The van der Waals surface area contributed by atoms with Gasteiger partial charge in [-0.2, -0.15) is 5.26 Å². The lowest BCUT2D eigenvalue weighted by molar-refractivity contribution is -0.123. The van der Waals surface area contributed by atoms with E-state index in [4.69, 9.17) is 0 Å². The molecule has 1 N–H and O–H groups in total. The zero-order chi connectivity index (χ0) is 17.5. The van der Waals surface area contributed by atoms with Gasteiger partial charge >= 0.3 is 0 Å². The summed E-state index contributed by atoms with van der Waals surface area (Å²) in [4.78, 5) is 13.1. The van der Waals surface area contributed by atoms with E-state index in [1.54, 1.807) is 0 Å². The smallest absolute Gasteiger partial charge is 0.249 e. The Bertz CT molecular complexity index is 829. The van der Waals surface area contributed by atoms with Crippen molar-refractivity contribution in [2.75, 3.05) is 0 Å². The highest BCUT2D eigenvalue weighted by Gasteiger charge is 2.42. The predicted molar refractivity (Wildman–Crippen MR) is 97.6 cm³/mol. The lowest BCUT2D eigenvalue weighted by Crippen LogP contribution is -2.44. The largest absolute Gasteiger partial charge is 0.350 e. The van der Waals surface area contributed by atoms with Crippen LogP contribution < -0.4 is 5.32 Å². The van der Waals surface area contributed by atoms with Crippen LogP contribution in [0.1, 0.15) is 16.7 Å². The molecule has 3 aromatic rings. The van der Waals surface area contributed by atoms with Gasteiger partial charge in [0.2, 0.25) is 5.91 Å². The number of nitrogens with one attached hydrogen (secondary N) is 1. The Hall–Kier alpha value is -3.38. The van der Waals surface area contributed by atoms with Crippen molar-refractivity contribution in [2.45, 2.75) is 12.0 Å². The van der Waals surface area contributed by atoms with Crippen LogP contribution in [0.4, 0.5) is 0 Å². The van der Waals surface area contributed by atoms with Gasteiger partial charge in [-0.1, -0.05) is 91.0 Å². The third-order valence-corrected chi connectivity index (χ3v) is 4.22. The SMILES string of the molecule is N#CC(C(=O)NCc1ccccc1)(c1ccccc1)c1ccccc1. The van der Waals surface area contributed by atoms with Gasteiger partial charge in [-0.3, -0.25) is 4.79 Å². The molecule has 0 bridgehead atoms. The molecule has 0 fully saturated rings. The first-order chi connectivity index (χ1) is 12.3. The topological polar surface area (TPSA) is 52.9 Å². The van der Waals surface area contributed by atoms with Crippen LogP contribution in [-0.4, -0.2) is 5.91 Å². The van der Waals surface area contributed by atoms with Gasteiger partial charge in [0.05, 0.1) is 6.07 Å². The number of benzene rings is 3. The van der Waals surface area contributed by atoms with Crippen molar-refractivity contribution in [3.63, 3.8) is 0 Å². The Morgan fingerprint density at radius 2 is 1.24 bits per heavy atom. The number of amides is 1. The molecule has 0 aliphatic carbocycles. The maximum Gasteiger partial charge on any atom is 0.249 e. The Morgan fingerprint density at radius 3 is 1.68 bits per heavy atom. The number of rotatable bonds is 5. The van der Waals surface area contributed by atoms with Gasteiger partial charge in [0.1, 0.15) is 0 Å². The second-order valence-electron chi connectivity index (χ2n) is 5.76. The van der Waals surface area contributed by atoms with Crippen molar-refractivity contribution in [3.8, 4) is 6.07 Å². The lowest BCUT2D eigenvalue weighted by atomic mass is 9.75. The third kappa shape index (κ3) is 3.29. The second-order valence-corrected chi connectivity index (χ2v) is 5.76. The zero-order valence-corrected chi connectivity index (χ0v) is 13.7. The molecule has 0 atom stereocenters. The first-order valence-electron chi connectivity index (χ1n) is 8.12. The average Bonchev–Trinajstić information content (AvgIpc) is 2.70. The average molecular weight is 326 g/mol. The molecule has 0 saturated heterocycles.